The van der Waals surface area contributed by atoms with Crippen LogP contribution in [-0.4, -0.2) is 47.6 Å². The lowest BCUT2D eigenvalue weighted by Gasteiger charge is -2.34. The van der Waals surface area contributed by atoms with E-state index in [9.17, 15) is 0 Å². The van der Waals surface area contributed by atoms with Crippen LogP contribution < -0.4 is 10.2 Å². The van der Waals surface area contributed by atoms with E-state index in [0.29, 0.717) is 0 Å². The van der Waals surface area contributed by atoms with Gasteiger partial charge in [0, 0.05) is 42.4 Å². The van der Waals surface area contributed by atoms with E-state index >= 15 is 0 Å². The van der Waals surface area contributed by atoms with E-state index in [1.165, 1.54) is 0 Å². The number of anilines is 3. The number of piperazine rings is 1. The highest BCUT2D eigenvalue weighted by Crippen LogP contribution is 2.22. The van der Waals surface area contributed by atoms with Crippen LogP contribution in [0.2, 0.25) is 0 Å². The molecule has 6 heteroatoms. The van der Waals surface area contributed by atoms with Gasteiger partial charge in [0.25, 0.3) is 0 Å². The molecule has 3 rings (SSSR count). The van der Waals surface area contributed by atoms with Gasteiger partial charge in [-0.05, 0) is 31.7 Å². The molecule has 1 aliphatic heterocycles. The molecule has 1 aromatic heterocycles. The van der Waals surface area contributed by atoms with Crippen LogP contribution in [0.5, 0.6) is 0 Å². The third-order valence-electron chi connectivity index (χ3n) is 4.06. The number of nitrogens with one attached hydrogen (secondary N) is 1. The van der Waals surface area contributed by atoms with Gasteiger partial charge in [0.05, 0.1) is 0 Å². The molecule has 5 nitrogen and oxygen atoms in total. The summed E-state index contributed by atoms with van der Waals surface area (Å²) in [6.07, 6.45) is 0. The number of halogens is 1. The predicted octanol–water partition coefficient (Wildman–Crippen LogP) is 3.43. The topological polar surface area (TPSA) is 44.3 Å². The molecule has 1 N–H and O–H groups in total. The van der Waals surface area contributed by atoms with Crippen LogP contribution >= 0.6 is 15.9 Å². The lowest BCUT2D eigenvalue weighted by molar-refractivity contribution is 0.270. The van der Waals surface area contributed by atoms with Gasteiger partial charge in [-0.25, -0.2) is 9.97 Å². The first-order valence-corrected chi connectivity index (χ1v) is 8.79. The minimum atomic E-state index is 0.790. The van der Waals surface area contributed by atoms with E-state index in [4.69, 9.17) is 0 Å². The van der Waals surface area contributed by atoms with Gasteiger partial charge in [0.2, 0.25) is 0 Å². The third kappa shape index (κ3) is 4.20. The number of nitrogens with zero attached hydrogens (tertiary/aromatic N) is 4. The van der Waals surface area contributed by atoms with Crippen LogP contribution in [0, 0.1) is 6.92 Å². The normalized spacial score (nSPS) is 15.7. The largest absolute Gasteiger partial charge is 0.354 e. The number of aromatic nitrogens is 2. The van der Waals surface area contributed by atoms with E-state index in [-0.39, 0.29) is 0 Å². The zero-order chi connectivity index (χ0) is 16.2. The van der Waals surface area contributed by atoms with E-state index in [1.807, 2.05) is 37.3 Å². The Bertz CT molecular complexity index is 668. The molecule has 1 aromatic carbocycles. The Hall–Kier alpha value is -1.66. The van der Waals surface area contributed by atoms with E-state index < -0.39 is 0 Å². The fourth-order valence-corrected chi connectivity index (χ4v) is 3.18. The summed E-state index contributed by atoms with van der Waals surface area (Å²) >= 11 is 3.49. The predicted molar refractivity (Wildman–Crippen MR) is 98.5 cm³/mol. The van der Waals surface area contributed by atoms with Crippen LogP contribution in [0.1, 0.15) is 12.7 Å². The van der Waals surface area contributed by atoms with Gasteiger partial charge in [-0.2, -0.15) is 0 Å². The average Bonchev–Trinajstić information content (AvgIpc) is 2.54. The molecule has 0 saturated carbocycles. The maximum absolute atomic E-state index is 4.61. The molecule has 0 aliphatic carbocycles. The van der Waals surface area contributed by atoms with Crippen LogP contribution in [0.15, 0.2) is 34.8 Å². The van der Waals surface area contributed by atoms with Gasteiger partial charge < -0.3 is 15.1 Å². The summed E-state index contributed by atoms with van der Waals surface area (Å²) < 4.78 is 1.05. The van der Waals surface area contributed by atoms with E-state index in [1.54, 1.807) is 0 Å². The van der Waals surface area contributed by atoms with Crippen LogP contribution in [0.3, 0.4) is 0 Å². The number of hydrogen-bond acceptors (Lipinski definition) is 5. The van der Waals surface area contributed by atoms with Crippen molar-refractivity contribution in [2.75, 3.05) is 42.9 Å². The highest BCUT2D eigenvalue weighted by Gasteiger charge is 2.17. The molecule has 0 bridgehead atoms. The minimum absolute atomic E-state index is 0.790. The summed E-state index contributed by atoms with van der Waals surface area (Å²) in [5, 5.41) is 3.37. The maximum atomic E-state index is 4.61. The standard InChI is InChI=1S/C17H22BrN5/c1-3-22-7-9-23(10-8-22)17-12-16(19-13(2)20-17)21-15-6-4-5-14(18)11-15/h4-6,11-12H,3,7-10H2,1-2H3,(H,19,20,21). The van der Waals surface area contributed by atoms with Gasteiger partial charge in [0.1, 0.15) is 17.5 Å². The molecule has 0 atom stereocenters. The monoisotopic (exact) mass is 375 g/mol. The number of aryl methyl sites for hydroxylation is 1. The number of rotatable bonds is 4. The molecule has 122 valence electrons. The highest BCUT2D eigenvalue weighted by molar-refractivity contribution is 9.10. The summed E-state index contributed by atoms with van der Waals surface area (Å²) in [5.74, 6) is 2.63. The van der Waals surface area contributed by atoms with Crippen molar-refractivity contribution >= 4 is 33.3 Å². The van der Waals surface area contributed by atoms with Crippen molar-refractivity contribution < 1.29 is 0 Å². The summed E-state index contributed by atoms with van der Waals surface area (Å²) in [6, 6.07) is 10.1. The Balaban J connectivity index is 1.77. The zero-order valence-electron chi connectivity index (χ0n) is 13.6. The van der Waals surface area contributed by atoms with E-state index in [2.05, 4.69) is 47.9 Å². The lowest BCUT2D eigenvalue weighted by Crippen LogP contribution is -2.46. The van der Waals surface area contributed by atoms with Crippen molar-refractivity contribution in [3.05, 3.63) is 40.6 Å². The van der Waals surface area contributed by atoms with Crippen molar-refractivity contribution in [2.24, 2.45) is 0 Å². The molecule has 0 radical (unpaired) electrons. The maximum Gasteiger partial charge on any atom is 0.136 e. The van der Waals surface area contributed by atoms with E-state index in [0.717, 1.165) is 60.3 Å². The number of likely N-dealkylation sites (N-methyl/N-ethyl adjacent to an activating group) is 1. The van der Waals surface area contributed by atoms with Crippen molar-refractivity contribution in [1.82, 2.24) is 14.9 Å². The molecule has 0 unspecified atom stereocenters. The molecule has 2 aromatic rings. The van der Waals surface area contributed by atoms with Crippen LogP contribution in [0.25, 0.3) is 0 Å². The molecule has 1 saturated heterocycles. The molecular weight excluding hydrogens is 354 g/mol. The zero-order valence-corrected chi connectivity index (χ0v) is 15.2. The first-order chi connectivity index (χ1) is 11.1. The highest BCUT2D eigenvalue weighted by atomic mass is 79.9. The van der Waals surface area contributed by atoms with Gasteiger partial charge in [-0.1, -0.05) is 28.9 Å². The Morgan fingerprint density at radius 3 is 2.61 bits per heavy atom. The SMILES string of the molecule is CCN1CCN(c2cc(Nc3cccc(Br)c3)nc(C)n2)CC1. The Morgan fingerprint density at radius 1 is 1.13 bits per heavy atom. The summed E-state index contributed by atoms with van der Waals surface area (Å²) in [5.41, 5.74) is 1.01. The second-order valence-corrected chi connectivity index (χ2v) is 6.63. The summed E-state index contributed by atoms with van der Waals surface area (Å²) in [4.78, 5) is 13.9. The lowest BCUT2D eigenvalue weighted by atomic mass is 10.3. The van der Waals surface area contributed by atoms with Gasteiger partial charge in [0.15, 0.2) is 0 Å². The van der Waals surface area contributed by atoms with Crippen molar-refractivity contribution in [1.29, 1.82) is 0 Å². The molecule has 0 amide bonds. The Kier molecular flexibility index (Phi) is 5.13. The average molecular weight is 376 g/mol. The second-order valence-electron chi connectivity index (χ2n) is 5.72. The Morgan fingerprint density at radius 2 is 1.91 bits per heavy atom. The smallest absolute Gasteiger partial charge is 0.136 e. The van der Waals surface area contributed by atoms with Crippen molar-refractivity contribution in [3.8, 4) is 0 Å². The van der Waals surface area contributed by atoms with Gasteiger partial charge >= 0.3 is 0 Å². The molecule has 23 heavy (non-hydrogen) atoms. The van der Waals surface area contributed by atoms with Gasteiger partial charge in [-0.3, -0.25) is 0 Å². The molecule has 2 heterocycles. The molecule has 0 spiro atoms. The Labute approximate surface area is 145 Å². The third-order valence-corrected chi connectivity index (χ3v) is 4.56. The van der Waals surface area contributed by atoms with Crippen LogP contribution in [0.4, 0.5) is 17.3 Å². The fourth-order valence-electron chi connectivity index (χ4n) is 2.79. The first kappa shape index (κ1) is 16.2. The van der Waals surface area contributed by atoms with Crippen LogP contribution in [-0.2, 0) is 0 Å². The summed E-state index contributed by atoms with van der Waals surface area (Å²) in [7, 11) is 0. The second kappa shape index (κ2) is 7.27. The van der Waals surface area contributed by atoms with Crippen molar-refractivity contribution in [3.63, 3.8) is 0 Å². The number of benzene rings is 1. The quantitative estimate of drug-likeness (QED) is 0.886. The fraction of sp³-hybridized carbons (Fsp3) is 0.412. The number of hydrogen-bond donors (Lipinski definition) is 1. The minimum Gasteiger partial charge on any atom is -0.354 e. The summed E-state index contributed by atoms with van der Waals surface area (Å²) in [6.45, 7) is 9.48. The first-order valence-electron chi connectivity index (χ1n) is 7.99. The van der Waals surface area contributed by atoms with Crippen molar-refractivity contribution in [2.45, 2.75) is 13.8 Å². The molecule has 1 fully saturated rings. The van der Waals surface area contributed by atoms with Gasteiger partial charge in [-0.15, -0.1) is 0 Å². The molecular formula is C17H22BrN5. The molecule has 1 aliphatic rings.